The van der Waals surface area contributed by atoms with Crippen LogP contribution in [0.4, 0.5) is 0 Å². The molecule has 1 rings (SSSR count). The molecule has 20 heavy (non-hydrogen) atoms. The third-order valence-corrected chi connectivity index (χ3v) is 3.33. The zero-order valence-electron chi connectivity index (χ0n) is 11.9. The predicted molar refractivity (Wildman–Crippen MR) is 78.0 cm³/mol. The molecule has 0 aliphatic carbocycles. The SMILES string of the molecule is CCN(CC)C(=O)CN(C)C(=O)c1ccc(O)c(Cl)c1. The molecule has 0 saturated heterocycles. The molecular weight excluding hydrogens is 280 g/mol. The van der Waals surface area contributed by atoms with Gasteiger partial charge in [-0.15, -0.1) is 0 Å². The molecule has 0 heterocycles. The molecule has 0 spiro atoms. The van der Waals surface area contributed by atoms with Crippen molar-refractivity contribution in [2.24, 2.45) is 0 Å². The zero-order valence-corrected chi connectivity index (χ0v) is 12.6. The highest BCUT2D eigenvalue weighted by molar-refractivity contribution is 6.32. The fourth-order valence-electron chi connectivity index (χ4n) is 1.81. The average molecular weight is 299 g/mol. The maximum Gasteiger partial charge on any atom is 0.254 e. The summed E-state index contributed by atoms with van der Waals surface area (Å²) in [6.07, 6.45) is 0. The molecule has 0 unspecified atom stereocenters. The Kier molecular flexibility index (Phi) is 5.82. The summed E-state index contributed by atoms with van der Waals surface area (Å²) in [5.74, 6) is -0.492. The number of carbonyl (C=O) groups excluding carboxylic acids is 2. The number of amides is 2. The van der Waals surface area contributed by atoms with Gasteiger partial charge in [0.25, 0.3) is 5.91 Å². The molecule has 0 bridgehead atoms. The van der Waals surface area contributed by atoms with E-state index in [1.165, 1.54) is 23.1 Å². The normalized spacial score (nSPS) is 10.2. The van der Waals surface area contributed by atoms with Crippen LogP contribution in [0.5, 0.6) is 5.75 Å². The molecule has 5 nitrogen and oxygen atoms in total. The first-order valence-corrected chi connectivity index (χ1v) is 6.80. The molecule has 0 atom stereocenters. The summed E-state index contributed by atoms with van der Waals surface area (Å²) in [5.41, 5.74) is 0.336. The highest BCUT2D eigenvalue weighted by atomic mass is 35.5. The van der Waals surface area contributed by atoms with Crippen LogP contribution in [0.3, 0.4) is 0 Å². The molecule has 0 radical (unpaired) electrons. The number of rotatable bonds is 5. The lowest BCUT2D eigenvalue weighted by Gasteiger charge is -2.23. The van der Waals surface area contributed by atoms with Gasteiger partial charge in [0.05, 0.1) is 11.6 Å². The fraction of sp³-hybridized carbons (Fsp3) is 0.429. The second-order valence-corrected chi connectivity index (χ2v) is 4.80. The van der Waals surface area contributed by atoms with E-state index in [1.807, 2.05) is 13.8 Å². The number of phenolic OH excluding ortho intramolecular Hbond substituents is 1. The van der Waals surface area contributed by atoms with Crippen LogP contribution in [0.2, 0.25) is 5.02 Å². The van der Waals surface area contributed by atoms with Gasteiger partial charge in [-0.2, -0.15) is 0 Å². The van der Waals surface area contributed by atoms with Crippen LogP contribution in [0.1, 0.15) is 24.2 Å². The minimum absolute atomic E-state index is 0.0129. The summed E-state index contributed by atoms with van der Waals surface area (Å²) in [6, 6.07) is 4.22. The molecule has 1 aromatic carbocycles. The Labute approximate surface area is 123 Å². The van der Waals surface area contributed by atoms with E-state index >= 15 is 0 Å². The molecule has 1 N–H and O–H groups in total. The lowest BCUT2D eigenvalue weighted by atomic mass is 10.2. The van der Waals surface area contributed by atoms with Gasteiger partial charge < -0.3 is 14.9 Å². The van der Waals surface area contributed by atoms with Crippen molar-refractivity contribution in [1.29, 1.82) is 0 Å². The summed E-state index contributed by atoms with van der Waals surface area (Å²) in [5, 5.41) is 9.44. The number of likely N-dealkylation sites (N-methyl/N-ethyl adjacent to an activating group) is 2. The van der Waals surface area contributed by atoms with Gasteiger partial charge in [-0.05, 0) is 32.0 Å². The first-order valence-electron chi connectivity index (χ1n) is 6.42. The maximum atomic E-state index is 12.2. The summed E-state index contributed by atoms with van der Waals surface area (Å²) in [6.45, 7) is 5.02. The van der Waals surface area contributed by atoms with Crippen LogP contribution in [-0.2, 0) is 4.79 Å². The van der Waals surface area contributed by atoms with Gasteiger partial charge in [0.15, 0.2) is 0 Å². The summed E-state index contributed by atoms with van der Waals surface area (Å²) in [4.78, 5) is 27.1. The molecule has 0 fully saturated rings. The fourth-order valence-corrected chi connectivity index (χ4v) is 1.99. The van der Waals surface area contributed by atoms with Crippen molar-refractivity contribution in [3.05, 3.63) is 28.8 Å². The Morgan fingerprint density at radius 2 is 1.85 bits per heavy atom. The summed E-state index contributed by atoms with van der Waals surface area (Å²) < 4.78 is 0. The first-order chi connectivity index (χ1) is 9.40. The Balaban J connectivity index is 2.76. The molecule has 0 aliphatic rings. The van der Waals surface area contributed by atoms with Gasteiger partial charge in [0.2, 0.25) is 5.91 Å². The van der Waals surface area contributed by atoms with Crippen molar-refractivity contribution in [2.45, 2.75) is 13.8 Å². The standard InChI is InChI=1S/C14H19ClN2O3/c1-4-17(5-2)13(19)9-16(3)14(20)10-6-7-12(18)11(15)8-10/h6-8,18H,4-5,9H2,1-3H3. The number of benzene rings is 1. The van der Waals surface area contributed by atoms with E-state index in [1.54, 1.807) is 11.9 Å². The Hall–Kier alpha value is -1.75. The average Bonchev–Trinajstić information content (AvgIpc) is 2.42. The monoisotopic (exact) mass is 298 g/mol. The highest BCUT2D eigenvalue weighted by Crippen LogP contribution is 2.24. The van der Waals surface area contributed by atoms with E-state index in [9.17, 15) is 14.7 Å². The number of nitrogens with zero attached hydrogens (tertiary/aromatic N) is 2. The van der Waals surface area contributed by atoms with Crippen molar-refractivity contribution < 1.29 is 14.7 Å². The van der Waals surface area contributed by atoms with E-state index in [0.717, 1.165) is 0 Å². The summed E-state index contributed by atoms with van der Waals surface area (Å²) in [7, 11) is 1.56. The van der Waals surface area contributed by atoms with Crippen LogP contribution in [0, 0.1) is 0 Å². The van der Waals surface area contributed by atoms with Crippen molar-refractivity contribution in [2.75, 3.05) is 26.7 Å². The molecule has 0 saturated carbocycles. The molecule has 0 aliphatic heterocycles. The quantitative estimate of drug-likeness (QED) is 0.904. The number of hydrogen-bond acceptors (Lipinski definition) is 3. The second-order valence-electron chi connectivity index (χ2n) is 4.39. The van der Waals surface area contributed by atoms with Crippen LogP contribution < -0.4 is 0 Å². The lowest BCUT2D eigenvalue weighted by molar-refractivity contribution is -0.131. The highest BCUT2D eigenvalue weighted by Gasteiger charge is 2.18. The van der Waals surface area contributed by atoms with Crippen LogP contribution >= 0.6 is 11.6 Å². The minimum atomic E-state index is -0.313. The van der Waals surface area contributed by atoms with Gasteiger partial charge >= 0.3 is 0 Å². The van der Waals surface area contributed by atoms with Crippen molar-refractivity contribution in [1.82, 2.24) is 9.80 Å². The van der Waals surface area contributed by atoms with E-state index < -0.39 is 0 Å². The van der Waals surface area contributed by atoms with E-state index in [2.05, 4.69) is 0 Å². The third-order valence-electron chi connectivity index (χ3n) is 3.03. The molecule has 6 heteroatoms. The minimum Gasteiger partial charge on any atom is -0.506 e. The zero-order chi connectivity index (χ0) is 15.3. The second kappa shape index (κ2) is 7.14. The van der Waals surface area contributed by atoms with Gasteiger partial charge in [-0.25, -0.2) is 0 Å². The molecular formula is C14H19ClN2O3. The molecule has 110 valence electrons. The molecule has 0 aromatic heterocycles. The van der Waals surface area contributed by atoms with Crippen molar-refractivity contribution in [3.63, 3.8) is 0 Å². The Morgan fingerprint density at radius 1 is 1.25 bits per heavy atom. The topological polar surface area (TPSA) is 60.9 Å². The van der Waals surface area contributed by atoms with Crippen LogP contribution in [0.25, 0.3) is 0 Å². The summed E-state index contributed by atoms with van der Waals surface area (Å²) >= 11 is 5.77. The number of halogens is 1. The van der Waals surface area contributed by atoms with Crippen LogP contribution in [0.15, 0.2) is 18.2 Å². The van der Waals surface area contributed by atoms with Gasteiger partial charge in [-0.3, -0.25) is 9.59 Å². The maximum absolute atomic E-state index is 12.2. The van der Waals surface area contributed by atoms with Gasteiger partial charge in [0, 0.05) is 25.7 Å². The lowest BCUT2D eigenvalue weighted by Crippen LogP contribution is -2.41. The number of phenols is 1. The van der Waals surface area contributed by atoms with Gasteiger partial charge in [-0.1, -0.05) is 11.6 Å². The number of aromatic hydroxyl groups is 1. The number of carbonyl (C=O) groups is 2. The van der Waals surface area contributed by atoms with Crippen molar-refractivity contribution in [3.8, 4) is 5.75 Å². The Morgan fingerprint density at radius 3 is 2.35 bits per heavy atom. The molecule has 1 aromatic rings. The Bertz CT molecular complexity index is 501. The van der Waals surface area contributed by atoms with E-state index in [0.29, 0.717) is 18.7 Å². The molecule has 2 amide bonds. The van der Waals surface area contributed by atoms with Gasteiger partial charge in [0.1, 0.15) is 5.75 Å². The van der Waals surface area contributed by atoms with Crippen molar-refractivity contribution >= 4 is 23.4 Å². The smallest absolute Gasteiger partial charge is 0.254 e. The van der Waals surface area contributed by atoms with Crippen LogP contribution in [-0.4, -0.2) is 53.4 Å². The third kappa shape index (κ3) is 3.87. The largest absolute Gasteiger partial charge is 0.506 e. The van der Waals surface area contributed by atoms with E-state index in [4.69, 9.17) is 11.6 Å². The predicted octanol–water partition coefficient (Wildman–Crippen LogP) is 1.99. The number of hydrogen-bond donors (Lipinski definition) is 1. The van der Waals surface area contributed by atoms with E-state index in [-0.39, 0.29) is 29.1 Å². The first kappa shape index (κ1) is 16.3.